The van der Waals surface area contributed by atoms with E-state index in [0.717, 1.165) is 38.8 Å². The monoisotopic (exact) mass is 663 g/mol. The molecule has 1 aromatic heterocycles. The van der Waals surface area contributed by atoms with Gasteiger partial charge in [-0.05, 0) is 67.4 Å². The van der Waals surface area contributed by atoms with E-state index in [1.54, 1.807) is 0 Å². The molecule has 0 aliphatic heterocycles. The molecule has 244 valence electrons. The highest BCUT2D eigenvalue weighted by atomic mass is 15.0. The van der Waals surface area contributed by atoms with Crippen molar-refractivity contribution in [2.75, 3.05) is 0 Å². The van der Waals surface area contributed by atoms with Crippen LogP contribution in [-0.4, -0.2) is 15.0 Å². The van der Waals surface area contributed by atoms with Gasteiger partial charge in [0.05, 0.1) is 0 Å². The van der Waals surface area contributed by atoms with E-state index in [2.05, 4.69) is 182 Å². The average Bonchev–Trinajstić information content (AvgIpc) is 3.24. The van der Waals surface area contributed by atoms with E-state index in [9.17, 15) is 0 Å². The number of benzene rings is 8. The average molecular weight is 664 g/mol. The van der Waals surface area contributed by atoms with Gasteiger partial charge in [0.15, 0.2) is 17.5 Å². The van der Waals surface area contributed by atoms with Crippen molar-refractivity contribution < 1.29 is 0 Å². The molecule has 0 unspecified atom stereocenters. The number of hydrogen-bond donors (Lipinski definition) is 0. The molecule has 9 aromatic rings. The van der Waals surface area contributed by atoms with Crippen LogP contribution in [0.25, 0.3) is 89.4 Å². The van der Waals surface area contributed by atoms with Crippen LogP contribution >= 0.6 is 0 Å². The zero-order chi connectivity index (χ0) is 34.7. The Labute approximate surface area is 303 Å². The quantitative estimate of drug-likeness (QED) is 0.170. The lowest BCUT2D eigenvalue weighted by Gasteiger charge is -2.11. The second-order valence-electron chi connectivity index (χ2n) is 12.9. The van der Waals surface area contributed by atoms with E-state index in [-0.39, 0.29) is 0 Å². The number of nitrogens with zero attached hydrogens (tertiary/aromatic N) is 3. The molecule has 8 aromatic carbocycles. The summed E-state index contributed by atoms with van der Waals surface area (Å²) >= 11 is 0. The lowest BCUT2D eigenvalue weighted by molar-refractivity contribution is 1.07. The molecular formula is C49H33N3. The molecule has 3 nitrogen and oxygen atoms in total. The summed E-state index contributed by atoms with van der Waals surface area (Å²) in [4.78, 5) is 15.1. The molecule has 0 amide bonds. The Morgan fingerprint density at radius 2 is 0.442 bits per heavy atom. The van der Waals surface area contributed by atoms with Gasteiger partial charge >= 0.3 is 0 Å². The molecular weight excluding hydrogens is 631 g/mol. The Morgan fingerprint density at radius 1 is 0.192 bits per heavy atom. The van der Waals surface area contributed by atoms with Crippen LogP contribution < -0.4 is 0 Å². The summed E-state index contributed by atoms with van der Waals surface area (Å²) < 4.78 is 0. The lowest BCUT2D eigenvalue weighted by Crippen LogP contribution is -2.00. The van der Waals surface area contributed by atoms with Gasteiger partial charge in [0.2, 0.25) is 0 Å². The molecule has 9 rings (SSSR count). The first-order valence-electron chi connectivity index (χ1n) is 17.5. The molecule has 0 saturated heterocycles. The molecule has 0 saturated carbocycles. The van der Waals surface area contributed by atoms with Gasteiger partial charge in [-0.1, -0.05) is 188 Å². The number of hydrogen-bond acceptors (Lipinski definition) is 3. The summed E-state index contributed by atoms with van der Waals surface area (Å²) in [5.74, 6) is 1.92. The maximum Gasteiger partial charge on any atom is 0.164 e. The highest BCUT2D eigenvalue weighted by molar-refractivity contribution is 5.90. The molecule has 0 radical (unpaired) electrons. The van der Waals surface area contributed by atoms with Crippen LogP contribution in [0.15, 0.2) is 200 Å². The predicted octanol–water partition coefficient (Wildman–Crippen LogP) is 12.7. The highest BCUT2D eigenvalue weighted by Gasteiger charge is 2.14. The lowest BCUT2D eigenvalue weighted by atomic mass is 9.99. The summed E-state index contributed by atoms with van der Waals surface area (Å²) in [6.45, 7) is 0. The molecule has 0 aliphatic rings. The van der Waals surface area contributed by atoms with Crippen molar-refractivity contribution in [3.05, 3.63) is 200 Å². The largest absolute Gasteiger partial charge is 0.208 e. The number of aromatic nitrogens is 3. The Morgan fingerprint density at radius 3 is 0.827 bits per heavy atom. The van der Waals surface area contributed by atoms with E-state index in [0.29, 0.717) is 17.5 Å². The first-order valence-corrected chi connectivity index (χ1v) is 17.5. The predicted molar refractivity (Wildman–Crippen MR) is 215 cm³/mol. The van der Waals surface area contributed by atoms with Crippen molar-refractivity contribution in [1.82, 2.24) is 15.0 Å². The highest BCUT2D eigenvalue weighted by Crippen LogP contribution is 2.32. The van der Waals surface area contributed by atoms with Crippen molar-refractivity contribution >= 4 is 10.8 Å². The second-order valence-corrected chi connectivity index (χ2v) is 12.9. The van der Waals surface area contributed by atoms with Gasteiger partial charge in [-0.25, -0.2) is 15.0 Å². The van der Waals surface area contributed by atoms with E-state index >= 15 is 0 Å². The Kier molecular flexibility index (Phi) is 8.20. The van der Waals surface area contributed by atoms with Crippen molar-refractivity contribution in [3.63, 3.8) is 0 Å². The molecule has 0 fully saturated rings. The molecule has 0 atom stereocenters. The molecule has 52 heavy (non-hydrogen) atoms. The van der Waals surface area contributed by atoms with Crippen molar-refractivity contribution in [3.8, 4) is 78.7 Å². The van der Waals surface area contributed by atoms with Crippen LogP contribution in [0, 0.1) is 0 Å². The Bertz CT molecular complexity index is 2620. The van der Waals surface area contributed by atoms with Gasteiger partial charge in [0.25, 0.3) is 0 Å². The first kappa shape index (κ1) is 31.0. The van der Waals surface area contributed by atoms with Crippen LogP contribution in [0.2, 0.25) is 0 Å². The van der Waals surface area contributed by atoms with Gasteiger partial charge in [-0.3, -0.25) is 0 Å². The zero-order valence-corrected chi connectivity index (χ0v) is 28.4. The van der Waals surface area contributed by atoms with Gasteiger partial charge in [-0.2, -0.15) is 0 Å². The third-order valence-electron chi connectivity index (χ3n) is 9.56. The third kappa shape index (κ3) is 6.39. The van der Waals surface area contributed by atoms with Gasteiger partial charge < -0.3 is 0 Å². The SMILES string of the molecule is c1ccc(-c2ccc(-c3ccc(-c4nc(-c5ccc(-c6ccccc6)cc5)nc(-c5ccc6cc(-c7ccccc7)ccc6c5)n4)cc3)cc2)cc1. The Hall–Kier alpha value is -6.97. The number of fused-ring (bicyclic) bond motifs is 1. The molecule has 3 heteroatoms. The molecule has 1 heterocycles. The van der Waals surface area contributed by atoms with Gasteiger partial charge in [-0.15, -0.1) is 0 Å². The van der Waals surface area contributed by atoms with Crippen molar-refractivity contribution in [2.45, 2.75) is 0 Å². The maximum absolute atomic E-state index is 5.06. The topological polar surface area (TPSA) is 38.7 Å². The first-order chi connectivity index (χ1) is 25.7. The van der Waals surface area contributed by atoms with Crippen LogP contribution in [-0.2, 0) is 0 Å². The minimum Gasteiger partial charge on any atom is -0.208 e. The third-order valence-corrected chi connectivity index (χ3v) is 9.56. The molecule has 0 N–H and O–H groups in total. The van der Waals surface area contributed by atoms with E-state index in [1.165, 1.54) is 33.2 Å². The molecule has 0 bridgehead atoms. The smallest absolute Gasteiger partial charge is 0.164 e. The molecule has 0 aliphatic carbocycles. The summed E-state index contributed by atoms with van der Waals surface area (Å²) in [6.07, 6.45) is 0. The van der Waals surface area contributed by atoms with E-state index < -0.39 is 0 Å². The van der Waals surface area contributed by atoms with Crippen LogP contribution in [0.5, 0.6) is 0 Å². The summed E-state index contributed by atoms with van der Waals surface area (Å²) in [5.41, 5.74) is 12.2. The summed E-state index contributed by atoms with van der Waals surface area (Å²) in [7, 11) is 0. The second kappa shape index (κ2) is 13.7. The molecule has 0 spiro atoms. The fourth-order valence-electron chi connectivity index (χ4n) is 6.70. The fourth-order valence-corrected chi connectivity index (χ4v) is 6.70. The van der Waals surface area contributed by atoms with Crippen LogP contribution in [0.1, 0.15) is 0 Å². The fraction of sp³-hybridized carbons (Fsp3) is 0. The maximum atomic E-state index is 5.06. The summed E-state index contributed by atoms with van der Waals surface area (Å²) in [6, 6.07) is 70.1. The zero-order valence-electron chi connectivity index (χ0n) is 28.4. The van der Waals surface area contributed by atoms with Gasteiger partial charge in [0.1, 0.15) is 0 Å². The standard InChI is InChI=1S/C49H33N3/c1-4-10-34(11-5-1)37-16-18-39(19-17-37)40-22-26-42(27-23-40)48-50-47(41-24-20-38(21-25-41)35-12-6-2-7-13-35)51-49(52-48)46-31-30-44-32-43(28-29-45(44)33-46)36-14-8-3-9-15-36/h1-33H. The normalized spacial score (nSPS) is 11.1. The van der Waals surface area contributed by atoms with Gasteiger partial charge in [0, 0.05) is 16.7 Å². The van der Waals surface area contributed by atoms with Crippen molar-refractivity contribution in [1.29, 1.82) is 0 Å². The van der Waals surface area contributed by atoms with Crippen LogP contribution in [0.4, 0.5) is 0 Å². The van der Waals surface area contributed by atoms with Crippen molar-refractivity contribution in [2.24, 2.45) is 0 Å². The Balaban J connectivity index is 1.08. The van der Waals surface area contributed by atoms with Crippen LogP contribution in [0.3, 0.4) is 0 Å². The minimum absolute atomic E-state index is 0.637. The summed E-state index contributed by atoms with van der Waals surface area (Å²) in [5, 5.41) is 2.30. The minimum atomic E-state index is 0.637. The number of rotatable bonds is 7. The van der Waals surface area contributed by atoms with E-state index in [1.807, 2.05) is 18.2 Å². The van der Waals surface area contributed by atoms with E-state index in [4.69, 9.17) is 15.0 Å².